The summed E-state index contributed by atoms with van der Waals surface area (Å²) in [6.45, 7) is 0.516. The molecule has 0 aromatic heterocycles. The Hall–Kier alpha value is -1.35. The van der Waals surface area contributed by atoms with E-state index in [9.17, 15) is 4.79 Å². The Morgan fingerprint density at radius 1 is 1.15 bits per heavy atom. The molecule has 0 bridgehead atoms. The molecule has 1 fully saturated rings. The summed E-state index contributed by atoms with van der Waals surface area (Å²) in [4.78, 5) is 12.2. The van der Waals surface area contributed by atoms with Crippen LogP contribution in [0.25, 0.3) is 0 Å². The van der Waals surface area contributed by atoms with Crippen LogP contribution in [0.1, 0.15) is 56.4 Å². The zero-order chi connectivity index (χ0) is 14.2. The molecule has 1 aromatic carbocycles. The topological polar surface area (TPSA) is 55.1 Å². The molecule has 3 heteroatoms. The summed E-state index contributed by atoms with van der Waals surface area (Å²) in [6.07, 6.45) is 7.85. The number of amides is 1. The van der Waals surface area contributed by atoms with Gasteiger partial charge in [0.05, 0.1) is 0 Å². The number of rotatable bonds is 5. The van der Waals surface area contributed by atoms with Gasteiger partial charge in [-0.25, -0.2) is 0 Å². The molecule has 2 rings (SSSR count). The Balaban J connectivity index is 1.86. The van der Waals surface area contributed by atoms with Gasteiger partial charge in [-0.1, -0.05) is 56.0 Å². The van der Waals surface area contributed by atoms with Gasteiger partial charge in [0, 0.05) is 18.4 Å². The summed E-state index contributed by atoms with van der Waals surface area (Å²) in [6, 6.07) is 10.5. The molecule has 110 valence electrons. The molecular formula is C17H26N2O. The molecule has 0 saturated heterocycles. The zero-order valence-corrected chi connectivity index (χ0v) is 12.2. The number of carbonyl (C=O) groups excluding carboxylic acids is 1. The number of nitrogens with one attached hydrogen (secondary N) is 1. The summed E-state index contributed by atoms with van der Waals surface area (Å²) in [5.74, 6) is 0.276. The smallest absolute Gasteiger partial charge is 0.220 e. The van der Waals surface area contributed by atoms with Gasteiger partial charge < -0.3 is 11.1 Å². The summed E-state index contributed by atoms with van der Waals surface area (Å²) in [7, 11) is 0. The van der Waals surface area contributed by atoms with Crippen LogP contribution >= 0.6 is 0 Å². The van der Waals surface area contributed by atoms with Crippen molar-refractivity contribution in [3.8, 4) is 0 Å². The van der Waals surface area contributed by atoms with E-state index in [1.807, 2.05) is 18.2 Å². The number of hydrogen-bond donors (Lipinski definition) is 2. The summed E-state index contributed by atoms with van der Waals surface area (Å²) >= 11 is 0. The van der Waals surface area contributed by atoms with E-state index in [1.54, 1.807) is 0 Å². The molecule has 3 N–H and O–H groups in total. The highest BCUT2D eigenvalue weighted by Gasteiger charge is 2.18. The first-order valence-corrected chi connectivity index (χ1v) is 7.84. The summed E-state index contributed by atoms with van der Waals surface area (Å²) in [5.41, 5.74) is 6.99. The van der Waals surface area contributed by atoms with Gasteiger partial charge in [-0.3, -0.25) is 4.79 Å². The van der Waals surface area contributed by atoms with Crippen LogP contribution in [0.4, 0.5) is 0 Å². The van der Waals surface area contributed by atoms with Gasteiger partial charge >= 0.3 is 0 Å². The lowest BCUT2D eigenvalue weighted by Gasteiger charge is -2.19. The fraction of sp³-hybridized carbons (Fsp3) is 0.588. The minimum Gasteiger partial charge on any atom is -0.353 e. The average Bonchev–Trinajstić information content (AvgIpc) is 2.74. The van der Waals surface area contributed by atoms with Crippen LogP contribution in [0, 0.1) is 0 Å². The first-order chi connectivity index (χ1) is 9.79. The van der Waals surface area contributed by atoms with Gasteiger partial charge in [0.2, 0.25) is 5.91 Å². The highest BCUT2D eigenvalue weighted by molar-refractivity contribution is 5.77. The second-order valence-corrected chi connectivity index (χ2v) is 5.80. The maximum atomic E-state index is 12.2. The van der Waals surface area contributed by atoms with Crippen LogP contribution in [0.15, 0.2) is 30.3 Å². The minimum atomic E-state index is 0.127. The highest BCUT2D eigenvalue weighted by atomic mass is 16.1. The van der Waals surface area contributed by atoms with Gasteiger partial charge in [-0.15, -0.1) is 0 Å². The van der Waals surface area contributed by atoms with Crippen LogP contribution in [-0.2, 0) is 4.79 Å². The van der Waals surface area contributed by atoms with E-state index >= 15 is 0 Å². The van der Waals surface area contributed by atoms with Gasteiger partial charge in [-0.2, -0.15) is 0 Å². The van der Waals surface area contributed by atoms with Crippen LogP contribution in [-0.4, -0.2) is 18.5 Å². The molecule has 1 aliphatic rings. The molecule has 1 amide bonds. The Labute approximate surface area is 121 Å². The Kier molecular flexibility index (Phi) is 6.06. The number of carbonyl (C=O) groups is 1. The predicted octanol–water partition coefficient (Wildman–Crippen LogP) is 2.96. The van der Waals surface area contributed by atoms with Crippen molar-refractivity contribution in [1.82, 2.24) is 5.32 Å². The van der Waals surface area contributed by atoms with Crippen molar-refractivity contribution in [2.45, 2.75) is 56.9 Å². The van der Waals surface area contributed by atoms with Crippen molar-refractivity contribution >= 4 is 5.91 Å². The van der Waals surface area contributed by atoms with Gasteiger partial charge in [0.15, 0.2) is 0 Å². The van der Waals surface area contributed by atoms with E-state index in [0.29, 0.717) is 19.0 Å². The van der Waals surface area contributed by atoms with Gasteiger partial charge in [-0.05, 0) is 24.9 Å². The van der Waals surface area contributed by atoms with E-state index in [0.717, 1.165) is 18.4 Å². The fourth-order valence-electron chi connectivity index (χ4n) is 3.00. The minimum absolute atomic E-state index is 0.127. The monoisotopic (exact) mass is 274 g/mol. The standard InChI is InChI=1S/C17H26N2O/c18-13-15(14-8-4-3-5-9-14)12-17(20)19-16-10-6-1-2-7-11-16/h3-5,8-9,15-16H,1-2,6-7,10-13,18H2,(H,19,20). The average molecular weight is 274 g/mol. The summed E-state index contributed by atoms with van der Waals surface area (Å²) < 4.78 is 0. The molecule has 1 unspecified atom stereocenters. The molecule has 3 nitrogen and oxygen atoms in total. The van der Waals surface area contributed by atoms with Crippen LogP contribution in [0.2, 0.25) is 0 Å². The normalized spacial score (nSPS) is 18.2. The highest BCUT2D eigenvalue weighted by Crippen LogP contribution is 2.20. The van der Waals surface area contributed by atoms with Crippen molar-refractivity contribution in [2.75, 3.05) is 6.54 Å². The Bertz CT molecular complexity index is 397. The van der Waals surface area contributed by atoms with E-state index < -0.39 is 0 Å². The maximum absolute atomic E-state index is 12.2. The van der Waals surface area contributed by atoms with Crippen molar-refractivity contribution in [3.63, 3.8) is 0 Å². The lowest BCUT2D eigenvalue weighted by molar-refractivity contribution is -0.122. The van der Waals surface area contributed by atoms with Crippen molar-refractivity contribution in [2.24, 2.45) is 5.73 Å². The molecule has 1 aliphatic carbocycles. The lowest BCUT2D eigenvalue weighted by atomic mass is 9.95. The summed E-state index contributed by atoms with van der Waals surface area (Å²) in [5, 5.41) is 3.20. The largest absolute Gasteiger partial charge is 0.353 e. The second-order valence-electron chi connectivity index (χ2n) is 5.80. The first-order valence-electron chi connectivity index (χ1n) is 7.84. The zero-order valence-electron chi connectivity index (χ0n) is 12.2. The molecule has 0 aliphatic heterocycles. The van der Waals surface area contributed by atoms with E-state index in [1.165, 1.54) is 25.7 Å². The maximum Gasteiger partial charge on any atom is 0.220 e. The van der Waals surface area contributed by atoms with Gasteiger partial charge in [0.1, 0.15) is 0 Å². The Morgan fingerprint density at radius 2 is 1.80 bits per heavy atom. The fourth-order valence-corrected chi connectivity index (χ4v) is 3.00. The van der Waals surface area contributed by atoms with E-state index in [4.69, 9.17) is 5.73 Å². The number of nitrogens with two attached hydrogens (primary N) is 1. The van der Waals surface area contributed by atoms with Crippen LogP contribution < -0.4 is 11.1 Å². The Morgan fingerprint density at radius 3 is 2.40 bits per heavy atom. The van der Waals surface area contributed by atoms with Crippen molar-refractivity contribution < 1.29 is 4.79 Å². The molecular weight excluding hydrogens is 248 g/mol. The third-order valence-electron chi connectivity index (χ3n) is 4.21. The van der Waals surface area contributed by atoms with E-state index in [2.05, 4.69) is 17.4 Å². The first kappa shape index (κ1) is 15.0. The quantitative estimate of drug-likeness (QED) is 0.811. The third kappa shape index (κ3) is 4.64. The molecule has 1 atom stereocenters. The molecule has 0 radical (unpaired) electrons. The lowest BCUT2D eigenvalue weighted by Crippen LogP contribution is -2.35. The van der Waals surface area contributed by atoms with Crippen molar-refractivity contribution in [1.29, 1.82) is 0 Å². The molecule has 1 saturated carbocycles. The van der Waals surface area contributed by atoms with Crippen molar-refractivity contribution in [3.05, 3.63) is 35.9 Å². The van der Waals surface area contributed by atoms with E-state index in [-0.39, 0.29) is 11.8 Å². The molecule has 0 spiro atoms. The molecule has 0 heterocycles. The second kappa shape index (κ2) is 8.05. The van der Waals surface area contributed by atoms with Gasteiger partial charge in [0.25, 0.3) is 0 Å². The van der Waals surface area contributed by atoms with Crippen LogP contribution in [0.5, 0.6) is 0 Å². The molecule has 1 aromatic rings. The third-order valence-corrected chi connectivity index (χ3v) is 4.21. The number of benzene rings is 1. The number of hydrogen-bond acceptors (Lipinski definition) is 2. The predicted molar refractivity (Wildman–Crippen MR) is 82.5 cm³/mol. The molecule has 20 heavy (non-hydrogen) atoms. The van der Waals surface area contributed by atoms with Crippen LogP contribution in [0.3, 0.4) is 0 Å². The SMILES string of the molecule is NCC(CC(=O)NC1CCCCCC1)c1ccccc1.